The van der Waals surface area contributed by atoms with Crippen LogP contribution in [0.25, 0.3) is 0 Å². The molecule has 4 nitrogen and oxygen atoms in total. The molecule has 0 aliphatic rings. The second kappa shape index (κ2) is 5.05. The topological polar surface area (TPSA) is 58.6 Å². The number of carbonyl (C=O) groups is 1. The standard InChI is InChI=1S/C6H13NO3/c1-3-4-7-6(9)10-5(2)8/h5,8H,3-4H2,1-2H3,(H,7,9). The van der Waals surface area contributed by atoms with Crippen LogP contribution in [0.5, 0.6) is 0 Å². The molecular weight excluding hydrogens is 134 g/mol. The molecule has 0 bridgehead atoms. The van der Waals surface area contributed by atoms with Gasteiger partial charge >= 0.3 is 6.09 Å². The highest BCUT2D eigenvalue weighted by atomic mass is 16.6. The van der Waals surface area contributed by atoms with Crippen LogP contribution in [0.2, 0.25) is 0 Å². The van der Waals surface area contributed by atoms with Gasteiger partial charge in [-0.15, -0.1) is 0 Å². The maximum atomic E-state index is 10.5. The third-order valence-corrected chi connectivity index (χ3v) is 0.797. The van der Waals surface area contributed by atoms with Gasteiger partial charge in [-0.25, -0.2) is 4.79 Å². The highest BCUT2D eigenvalue weighted by Gasteiger charge is 2.02. The van der Waals surface area contributed by atoms with E-state index in [1.807, 2.05) is 6.92 Å². The molecule has 0 heterocycles. The number of alkyl carbamates (subject to hydrolysis) is 1. The molecule has 0 aromatic carbocycles. The summed E-state index contributed by atoms with van der Waals surface area (Å²) in [6.45, 7) is 3.89. The Morgan fingerprint density at radius 2 is 2.40 bits per heavy atom. The molecule has 0 radical (unpaired) electrons. The van der Waals surface area contributed by atoms with Crippen molar-refractivity contribution in [3.63, 3.8) is 0 Å². The van der Waals surface area contributed by atoms with Crippen LogP contribution in [-0.4, -0.2) is 24.0 Å². The molecule has 0 fully saturated rings. The van der Waals surface area contributed by atoms with E-state index in [0.29, 0.717) is 6.54 Å². The first-order chi connectivity index (χ1) is 4.66. The average Bonchev–Trinajstić information content (AvgIpc) is 1.82. The summed E-state index contributed by atoms with van der Waals surface area (Å²) in [6.07, 6.45) is -0.747. The summed E-state index contributed by atoms with van der Waals surface area (Å²) in [4.78, 5) is 10.5. The number of rotatable bonds is 3. The highest BCUT2D eigenvalue weighted by molar-refractivity contribution is 5.67. The molecule has 1 amide bonds. The summed E-state index contributed by atoms with van der Waals surface area (Å²) in [5.41, 5.74) is 0. The van der Waals surface area contributed by atoms with Crippen LogP contribution in [0, 0.1) is 0 Å². The number of ether oxygens (including phenoxy) is 1. The Labute approximate surface area is 60.2 Å². The van der Waals surface area contributed by atoms with Crippen molar-refractivity contribution >= 4 is 6.09 Å². The molecule has 60 valence electrons. The fourth-order valence-electron chi connectivity index (χ4n) is 0.424. The number of carbonyl (C=O) groups excluding carboxylic acids is 1. The van der Waals surface area contributed by atoms with E-state index in [-0.39, 0.29) is 0 Å². The zero-order valence-corrected chi connectivity index (χ0v) is 6.26. The molecule has 0 saturated carbocycles. The van der Waals surface area contributed by atoms with Crippen LogP contribution in [0.1, 0.15) is 20.3 Å². The fourth-order valence-corrected chi connectivity index (χ4v) is 0.424. The van der Waals surface area contributed by atoms with Crippen molar-refractivity contribution in [1.29, 1.82) is 0 Å². The lowest BCUT2D eigenvalue weighted by atomic mass is 10.5. The van der Waals surface area contributed by atoms with Gasteiger partial charge < -0.3 is 15.2 Å². The number of nitrogens with one attached hydrogen (secondary N) is 1. The van der Waals surface area contributed by atoms with Crippen molar-refractivity contribution in [2.24, 2.45) is 0 Å². The van der Waals surface area contributed by atoms with E-state index in [1.165, 1.54) is 6.92 Å². The van der Waals surface area contributed by atoms with Crippen molar-refractivity contribution in [1.82, 2.24) is 5.32 Å². The molecule has 1 atom stereocenters. The molecule has 10 heavy (non-hydrogen) atoms. The lowest BCUT2D eigenvalue weighted by Crippen LogP contribution is -2.28. The van der Waals surface area contributed by atoms with E-state index in [2.05, 4.69) is 10.1 Å². The minimum Gasteiger partial charge on any atom is -0.420 e. The predicted molar refractivity (Wildman–Crippen MR) is 36.5 cm³/mol. The zero-order valence-electron chi connectivity index (χ0n) is 6.26. The molecular formula is C6H13NO3. The minimum absolute atomic E-state index is 0.572. The molecule has 0 aliphatic heterocycles. The van der Waals surface area contributed by atoms with Gasteiger partial charge in [0, 0.05) is 6.54 Å². The maximum Gasteiger partial charge on any atom is 0.409 e. The summed E-state index contributed by atoms with van der Waals surface area (Å²) in [5, 5.41) is 11.0. The first-order valence-electron chi connectivity index (χ1n) is 3.29. The summed E-state index contributed by atoms with van der Waals surface area (Å²) >= 11 is 0. The Balaban J connectivity index is 3.26. The van der Waals surface area contributed by atoms with Gasteiger partial charge in [0.15, 0.2) is 6.29 Å². The van der Waals surface area contributed by atoms with E-state index >= 15 is 0 Å². The van der Waals surface area contributed by atoms with Gasteiger partial charge in [0.1, 0.15) is 0 Å². The molecule has 0 aromatic heterocycles. The van der Waals surface area contributed by atoms with E-state index in [0.717, 1.165) is 6.42 Å². The van der Waals surface area contributed by atoms with Gasteiger partial charge in [0.2, 0.25) is 0 Å². The van der Waals surface area contributed by atoms with Crippen molar-refractivity contribution < 1.29 is 14.6 Å². The largest absolute Gasteiger partial charge is 0.420 e. The molecule has 0 spiro atoms. The third kappa shape index (κ3) is 5.37. The van der Waals surface area contributed by atoms with Gasteiger partial charge in [0.05, 0.1) is 0 Å². The summed E-state index contributed by atoms with van der Waals surface area (Å²) < 4.78 is 4.36. The third-order valence-electron chi connectivity index (χ3n) is 0.797. The first-order valence-corrected chi connectivity index (χ1v) is 3.29. The summed E-state index contributed by atoms with van der Waals surface area (Å²) in [5.74, 6) is 0. The van der Waals surface area contributed by atoms with Crippen LogP contribution in [0.15, 0.2) is 0 Å². The highest BCUT2D eigenvalue weighted by Crippen LogP contribution is 1.84. The van der Waals surface area contributed by atoms with Crippen molar-refractivity contribution in [3.8, 4) is 0 Å². The lowest BCUT2D eigenvalue weighted by Gasteiger charge is -2.06. The Kier molecular flexibility index (Phi) is 4.66. The Hall–Kier alpha value is -0.770. The van der Waals surface area contributed by atoms with Gasteiger partial charge in [-0.3, -0.25) is 0 Å². The number of aliphatic hydroxyl groups excluding tert-OH is 1. The second-order valence-corrected chi connectivity index (χ2v) is 1.93. The molecule has 2 N–H and O–H groups in total. The van der Waals surface area contributed by atoms with E-state index < -0.39 is 12.4 Å². The van der Waals surface area contributed by atoms with Crippen molar-refractivity contribution in [2.45, 2.75) is 26.6 Å². The summed E-state index contributed by atoms with van der Waals surface area (Å²) in [6, 6.07) is 0. The average molecular weight is 147 g/mol. The lowest BCUT2D eigenvalue weighted by molar-refractivity contribution is -0.0370. The van der Waals surface area contributed by atoms with Crippen LogP contribution in [-0.2, 0) is 4.74 Å². The Morgan fingerprint density at radius 1 is 1.80 bits per heavy atom. The van der Waals surface area contributed by atoms with E-state index in [4.69, 9.17) is 5.11 Å². The number of hydrogen-bond donors (Lipinski definition) is 2. The second-order valence-electron chi connectivity index (χ2n) is 1.93. The Morgan fingerprint density at radius 3 is 2.80 bits per heavy atom. The molecule has 4 heteroatoms. The molecule has 0 aliphatic carbocycles. The quantitative estimate of drug-likeness (QED) is 0.570. The van der Waals surface area contributed by atoms with Gasteiger partial charge in [0.25, 0.3) is 0 Å². The van der Waals surface area contributed by atoms with E-state index in [1.54, 1.807) is 0 Å². The van der Waals surface area contributed by atoms with Gasteiger partial charge in [-0.1, -0.05) is 6.92 Å². The molecule has 0 rings (SSSR count). The monoisotopic (exact) mass is 147 g/mol. The number of aliphatic hydroxyl groups is 1. The first kappa shape index (κ1) is 9.23. The number of hydrogen-bond acceptors (Lipinski definition) is 3. The van der Waals surface area contributed by atoms with Crippen molar-refractivity contribution in [2.75, 3.05) is 6.54 Å². The van der Waals surface area contributed by atoms with Crippen molar-refractivity contribution in [3.05, 3.63) is 0 Å². The molecule has 0 saturated heterocycles. The van der Waals surface area contributed by atoms with Crippen LogP contribution in [0.3, 0.4) is 0 Å². The predicted octanol–water partition coefficient (Wildman–Crippen LogP) is 0.461. The minimum atomic E-state index is -1.03. The van der Waals surface area contributed by atoms with Crippen LogP contribution < -0.4 is 5.32 Å². The fraction of sp³-hybridized carbons (Fsp3) is 0.833. The number of amides is 1. The van der Waals surface area contributed by atoms with Crippen LogP contribution in [0.4, 0.5) is 4.79 Å². The van der Waals surface area contributed by atoms with Gasteiger partial charge in [-0.2, -0.15) is 0 Å². The molecule has 1 unspecified atom stereocenters. The van der Waals surface area contributed by atoms with Gasteiger partial charge in [-0.05, 0) is 13.3 Å². The normalized spacial score (nSPS) is 12.3. The SMILES string of the molecule is CCCNC(=O)OC(C)O. The van der Waals surface area contributed by atoms with E-state index in [9.17, 15) is 4.79 Å². The van der Waals surface area contributed by atoms with Crippen LogP contribution >= 0.6 is 0 Å². The molecule has 0 aromatic rings. The Bertz CT molecular complexity index is 103. The summed E-state index contributed by atoms with van der Waals surface area (Å²) in [7, 11) is 0. The maximum absolute atomic E-state index is 10.5. The zero-order chi connectivity index (χ0) is 7.98. The smallest absolute Gasteiger partial charge is 0.409 e.